The number of rotatable bonds is 7. The Labute approximate surface area is 174 Å². The van der Waals surface area contributed by atoms with E-state index in [1.807, 2.05) is 25.1 Å². The van der Waals surface area contributed by atoms with E-state index in [9.17, 15) is 22.0 Å². The van der Waals surface area contributed by atoms with Crippen LogP contribution in [-0.4, -0.2) is 43.4 Å². The summed E-state index contributed by atoms with van der Waals surface area (Å²) in [6.07, 6.45) is 1.89. The molecule has 3 rings (SSSR count). The van der Waals surface area contributed by atoms with Crippen LogP contribution in [0.15, 0.2) is 41.3 Å². The summed E-state index contributed by atoms with van der Waals surface area (Å²) in [5, 5.41) is 0. The van der Waals surface area contributed by atoms with E-state index in [1.165, 1.54) is 0 Å². The molecule has 2 heterocycles. The molecule has 0 aliphatic carbocycles. The first kappa shape index (κ1) is 22.3. The third-order valence-corrected chi connectivity index (χ3v) is 6.98. The Morgan fingerprint density at radius 1 is 1.20 bits per heavy atom. The van der Waals surface area contributed by atoms with Crippen LogP contribution in [0.3, 0.4) is 0 Å². The van der Waals surface area contributed by atoms with Gasteiger partial charge in [0.1, 0.15) is 16.5 Å². The Bertz CT molecular complexity index is 1010. The molecule has 0 atom stereocenters. The topological polar surface area (TPSA) is 76.6 Å². The first-order valence-electron chi connectivity index (χ1n) is 9.82. The zero-order valence-electron chi connectivity index (χ0n) is 16.7. The number of sulfonamides is 1. The van der Waals surface area contributed by atoms with Gasteiger partial charge in [0.15, 0.2) is 0 Å². The number of halogens is 2. The third-order valence-electron chi connectivity index (χ3n) is 5.07. The van der Waals surface area contributed by atoms with Crippen LogP contribution in [0.1, 0.15) is 30.7 Å². The Morgan fingerprint density at radius 2 is 1.93 bits per heavy atom. The summed E-state index contributed by atoms with van der Waals surface area (Å²) in [7, 11) is -4.16. The Morgan fingerprint density at radius 3 is 2.63 bits per heavy atom. The first-order valence-corrected chi connectivity index (χ1v) is 11.3. The van der Waals surface area contributed by atoms with Crippen molar-refractivity contribution in [3.05, 3.63) is 59.4 Å². The second kappa shape index (κ2) is 9.61. The van der Waals surface area contributed by atoms with Crippen molar-refractivity contribution in [3.63, 3.8) is 0 Å². The van der Waals surface area contributed by atoms with Gasteiger partial charge in [0.05, 0.1) is 12.5 Å². The summed E-state index contributed by atoms with van der Waals surface area (Å²) in [6.45, 7) is 2.27. The lowest BCUT2D eigenvalue weighted by atomic mass is 9.98. The van der Waals surface area contributed by atoms with Gasteiger partial charge >= 0.3 is 5.97 Å². The Balaban J connectivity index is 1.47. The standard InChI is InChI=1S/C21H24F2N2O4S/c1-15-4-2-5-18(24-15)6-3-13-29-21(26)16-9-11-25(12-10-16)30(27,28)20-14-17(22)7-8-19(20)23/h2,4-5,7-8,14,16H,3,6,9-13H2,1H3. The highest BCUT2D eigenvalue weighted by atomic mass is 32.2. The number of pyridine rings is 1. The molecular formula is C21H24F2N2O4S. The minimum absolute atomic E-state index is 0.0469. The number of aryl methyl sites for hydroxylation is 2. The molecule has 30 heavy (non-hydrogen) atoms. The molecule has 1 aromatic heterocycles. The normalized spacial score (nSPS) is 15.8. The van der Waals surface area contributed by atoms with Crippen LogP contribution in [0.25, 0.3) is 0 Å². The predicted molar refractivity (Wildman–Crippen MR) is 106 cm³/mol. The summed E-state index contributed by atoms with van der Waals surface area (Å²) in [5.74, 6) is -2.59. The number of carbonyl (C=O) groups excluding carboxylic acids is 1. The molecule has 2 aromatic rings. The van der Waals surface area contributed by atoms with Gasteiger partial charge in [0.25, 0.3) is 0 Å². The minimum atomic E-state index is -4.16. The van der Waals surface area contributed by atoms with E-state index in [-0.39, 0.29) is 38.5 Å². The number of benzene rings is 1. The zero-order chi connectivity index (χ0) is 21.7. The summed E-state index contributed by atoms with van der Waals surface area (Å²) in [4.78, 5) is 16.0. The fraction of sp³-hybridized carbons (Fsp3) is 0.429. The molecule has 162 valence electrons. The second-order valence-corrected chi connectivity index (χ2v) is 9.20. The predicted octanol–water partition coefficient (Wildman–Crippen LogP) is 3.24. The summed E-state index contributed by atoms with van der Waals surface area (Å²) >= 11 is 0. The van der Waals surface area contributed by atoms with Crippen molar-refractivity contribution in [2.75, 3.05) is 19.7 Å². The highest BCUT2D eigenvalue weighted by Gasteiger charge is 2.34. The maximum Gasteiger partial charge on any atom is 0.309 e. The zero-order valence-corrected chi connectivity index (χ0v) is 17.5. The van der Waals surface area contributed by atoms with Crippen LogP contribution in [0.2, 0.25) is 0 Å². The van der Waals surface area contributed by atoms with Gasteiger partial charge in [-0.1, -0.05) is 6.07 Å². The molecule has 0 N–H and O–H groups in total. The van der Waals surface area contributed by atoms with Gasteiger partial charge in [-0.2, -0.15) is 4.31 Å². The van der Waals surface area contributed by atoms with E-state index in [1.54, 1.807) is 0 Å². The quantitative estimate of drug-likeness (QED) is 0.490. The molecule has 1 saturated heterocycles. The fourth-order valence-corrected chi connectivity index (χ4v) is 4.97. The van der Waals surface area contributed by atoms with E-state index in [2.05, 4.69) is 4.98 Å². The molecule has 0 saturated carbocycles. The maximum atomic E-state index is 13.9. The van der Waals surface area contributed by atoms with E-state index < -0.39 is 32.5 Å². The average Bonchev–Trinajstić information content (AvgIpc) is 2.73. The lowest BCUT2D eigenvalue weighted by Gasteiger charge is -2.30. The highest BCUT2D eigenvalue weighted by Crippen LogP contribution is 2.26. The molecule has 0 radical (unpaired) electrons. The number of ether oxygens (including phenoxy) is 1. The SMILES string of the molecule is Cc1cccc(CCCOC(=O)C2CCN(S(=O)(=O)c3cc(F)ccc3F)CC2)n1. The fourth-order valence-electron chi connectivity index (χ4n) is 3.43. The van der Waals surface area contributed by atoms with E-state index >= 15 is 0 Å². The van der Waals surface area contributed by atoms with Gasteiger partial charge in [-0.15, -0.1) is 0 Å². The van der Waals surface area contributed by atoms with E-state index in [4.69, 9.17) is 4.74 Å². The molecule has 1 fully saturated rings. The van der Waals surface area contributed by atoms with Crippen LogP contribution >= 0.6 is 0 Å². The van der Waals surface area contributed by atoms with Crippen LogP contribution in [0, 0.1) is 24.5 Å². The van der Waals surface area contributed by atoms with Crippen LogP contribution in [0.5, 0.6) is 0 Å². The van der Waals surface area contributed by atoms with Crippen LogP contribution < -0.4 is 0 Å². The van der Waals surface area contributed by atoms with Crippen molar-refractivity contribution in [1.82, 2.24) is 9.29 Å². The van der Waals surface area contributed by atoms with Gasteiger partial charge in [-0.25, -0.2) is 17.2 Å². The van der Waals surface area contributed by atoms with Crippen LogP contribution in [-0.2, 0) is 26.0 Å². The number of nitrogens with zero attached hydrogens (tertiary/aromatic N) is 2. The van der Waals surface area contributed by atoms with E-state index in [0.29, 0.717) is 18.9 Å². The third kappa shape index (κ3) is 5.40. The van der Waals surface area contributed by atoms with E-state index in [0.717, 1.165) is 27.8 Å². The molecule has 9 heteroatoms. The van der Waals surface area contributed by atoms with Gasteiger partial charge in [-0.3, -0.25) is 9.78 Å². The van der Waals surface area contributed by atoms with Gasteiger partial charge in [0, 0.05) is 24.5 Å². The summed E-state index contributed by atoms with van der Waals surface area (Å²) in [6, 6.07) is 8.10. The molecule has 1 aromatic carbocycles. The molecular weight excluding hydrogens is 414 g/mol. The Kier molecular flexibility index (Phi) is 7.14. The smallest absolute Gasteiger partial charge is 0.309 e. The van der Waals surface area contributed by atoms with Crippen molar-refractivity contribution in [2.45, 2.75) is 37.5 Å². The monoisotopic (exact) mass is 438 g/mol. The molecule has 0 amide bonds. The summed E-state index contributed by atoms with van der Waals surface area (Å²) < 4.78 is 58.9. The number of hydrogen-bond donors (Lipinski definition) is 0. The molecule has 0 spiro atoms. The van der Waals surface area contributed by atoms with Gasteiger partial charge in [0.2, 0.25) is 10.0 Å². The maximum absolute atomic E-state index is 13.9. The summed E-state index contributed by atoms with van der Waals surface area (Å²) in [5.41, 5.74) is 1.87. The first-order chi connectivity index (χ1) is 14.3. The largest absolute Gasteiger partial charge is 0.465 e. The van der Waals surface area contributed by atoms with Gasteiger partial charge in [-0.05, 0) is 62.9 Å². The van der Waals surface area contributed by atoms with Gasteiger partial charge < -0.3 is 4.74 Å². The van der Waals surface area contributed by atoms with Crippen molar-refractivity contribution in [1.29, 1.82) is 0 Å². The Hall–Kier alpha value is -2.39. The molecule has 0 unspecified atom stereocenters. The van der Waals surface area contributed by atoms with Crippen molar-refractivity contribution in [2.24, 2.45) is 5.92 Å². The number of carbonyl (C=O) groups is 1. The number of esters is 1. The highest BCUT2D eigenvalue weighted by molar-refractivity contribution is 7.89. The molecule has 1 aliphatic heterocycles. The van der Waals surface area contributed by atoms with Crippen molar-refractivity contribution >= 4 is 16.0 Å². The van der Waals surface area contributed by atoms with Crippen molar-refractivity contribution < 1.29 is 26.7 Å². The second-order valence-electron chi connectivity index (χ2n) is 7.29. The lowest BCUT2D eigenvalue weighted by Crippen LogP contribution is -2.41. The average molecular weight is 438 g/mol. The number of piperidine rings is 1. The van der Waals surface area contributed by atoms with Crippen molar-refractivity contribution in [3.8, 4) is 0 Å². The number of hydrogen-bond acceptors (Lipinski definition) is 5. The molecule has 6 nitrogen and oxygen atoms in total. The molecule has 1 aliphatic rings. The van der Waals surface area contributed by atoms with Crippen LogP contribution in [0.4, 0.5) is 8.78 Å². The minimum Gasteiger partial charge on any atom is -0.465 e. The lowest BCUT2D eigenvalue weighted by molar-refractivity contribution is -0.149. The number of aromatic nitrogens is 1. The molecule has 0 bridgehead atoms.